The van der Waals surface area contributed by atoms with Gasteiger partial charge in [-0.2, -0.15) is 22.1 Å². The molecule has 7 nitrogen and oxygen atoms in total. The fourth-order valence-electron chi connectivity index (χ4n) is 3.44. The second-order valence-corrected chi connectivity index (χ2v) is 9.17. The Labute approximate surface area is 171 Å². The summed E-state index contributed by atoms with van der Waals surface area (Å²) in [5.74, 6) is 0.851. The summed E-state index contributed by atoms with van der Waals surface area (Å²) < 4.78 is 34.1. The van der Waals surface area contributed by atoms with Gasteiger partial charge in [0.05, 0.1) is 12.3 Å². The third kappa shape index (κ3) is 4.86. The summed E-state index contributed by atoms with van der Waals surface area (Å²) in [6.45, 7) is 6.21. The third-order valence-electron chi connectivity index (χ3n) is 5.01. The molecule has 3 rings (SSSR count). The molecule has 0 aliphatic carbocycles. The van der Waals surface area contributed by atoms with Crippen LogP contribution < -0.4 is 4.74 Å². The normalized spacial score (nSPS) is 18.1. The lowest BCUT2D eigenvalue weighted by molar-refractivity contribution is 0.320. The summed E-state index contributed by atoms with van der Waals surface area (Å²) in [6, 6.07) is 9.32. The highest BCUT2D eigenvalue weighted by Gasteiger charge is 2.35. The number of benzene rings is 1. The van der Waals surface area contributed by atoms with Crippen molar-refractivity contribution in [3.63, 3.8) is 0 Å². The van der Waals surface area contributed by atoms with E-state index in [1.165, 1.54) is 4.31 Å². The minimum absolute atomic E-state index is 0.115. The van der Waals surface area contributed by atoms with E-state index in [0.29, 0.717) is 44.2 Å². The molecule has 0 unspecified atom stereocenters. The van der Waals surface area contributed by atoms with Crippen LogP contribution in [0.2, 0.25) is 5.02 Å². The van der Waals surface area contributed by atoms with E-state index < -0.39 is 10.2 Å². The van der Waals surface area contributed by atoms with E-state index in [9.17, 15) is 8.42 Å². The first-order valence-corrected chi connectivity index (χ1v) is 11.4. The third-order valence-corrected chi connectivity index (χ3v) is 7.40. The fraction of sp³-hybridized carbons (Fsp3) is 0.526. The van der Waals surface area contributed by atoms with E-state index in [1.54, 1.807) is 16.4 Å². The molecule has 1 atom stereocenters. The number of aromatic amines is 1. The van der Waals surface area contributed by atoms with Crippen LogP contribution in [0.1, 0.15) is 37.6 Å². The lowest BCUT2D eigenvalue weighted by Gasteiger charge is -2.25. The molecule has 1 saturated heterocycles. The average Bonchev–Trinajstić information content (AvgIpc) is 3.32. The van der Waals surface area contributed by atoms with Gasteiger partial charge in [-0.15, -0.1) is 0 Å². The Hall–Kier alpha value is -1.61. The summed E-state index contributed by atoms with van der Waals surface area (Å²) in [4.78, 5) is 0. The second kappa shape index (κ2) is 9.26. The first-order valence-electron chi connectivity index (χ1n) is 9.61. The van der Waals surface area contributed by atoms with Crippen LogP contribution in [0.15, 0.2) is 30.3 Å². The molecule has 0 spiro atoms. The Morgan fingerprint density at radius 1 is 1.32 bits per heavy atom. The molecule has 28 heavy (non-hydrogen) atoms. The number of aromatic nitrogens is 2. The highest BCUT2D eigenvalue weighted by molar-refractivity contribution is 7.86. The monoisotopic (exact) mass is 426 g/mol. The molecule has 154 valence electrons. The quantitative estimate of drug-likeness (QED) is 0.668. The van der Waals surface area contributed by atoms with Crippen molar-refractivity contribution in [3.8, 4) is 5.75 Å². The van der Waals surface area contributed by atoms with Gasteiger partial charge in [-0.05, 0) is 30.7 Å². The van der Waals surface area contributed by atoms with Crippen LogP contribution in [0.25, 0.3) is 0 Å². The van der Waals surface area contributed by atoms with E-state index in [-0.39, 0.29) is 5.92 Å². The molecular weight excluding hydrogens is 400 g/mol. The zero-order valence-corrected chi connectivity index (χ0v) is 17.8. The van der Waals surface area contributed by atoms with Crippen molar-refractivity contribution in [3.05, 3.63) is 46.7 Å². The largest absolute Gasteiger partial charge is 0.493 e. The number of H-pyrrole nitrogens is 1. The van der Waals surface area contributed by atoms with Gasteiger partial charge in [0.15, 0.2) is 0 Å². The van der Waals surface area contributed by atoms with Gasteiger partial charge in [-0.3, -0.25) is 5.10 Å². The van der Waals surface area contributed by atoms with Crippen molar-refractivity contribution in [2.45, 2.75) is 32.6 Å². The Morgan fingerprint density at radius 3 is 2.82 bits per heavy atom. The van der Waals surface area contributed by atoms with Gasteiger partial charge >= 0.3 is 0 Å². The number of hydrogen-bond acceptors (Lipinski definition) is 4. The van der Waals surface area contributed by atoms with Crippen molar-refractivity contribution < 1.29 is 13.2 Å². The maximum absolute atomic E-state index is 12.7. The van der Waals surface area contributed by atoms with Gasteiger partial charge in [0.2, 0.25) is 0 Å². The predicted octanol–water partition coefficient (Wildman–Crippen LogP) is 3.06. The van der Waals surface area contributed by atoms with E-state index in [2.05, 4.69) is 10.2 Å². The van der Waals surface area contributed by atoms with Crippen LogP contribution in [-0.2, 0) is 16.6 Å². The topological polar surface area (TPSA) is 78.5 Å². The second-order valence-electron chi connectivity index (χ2n) is 6.81. The Bertz CT molecular complexity index is 883. The molecule has 2 aromatic rings. The predicted molar refractivity (Wildman–Crippen MR) is 110 cm³/mol. The van der Waals surface area contributed by atoms with E-state index in [4.69, 9.17) is 16.3 Å². The number of rotatable bonds is 9. The number of hydrogen-bond donors (Lipinski definition) is 1. The number of nitrogens with zero attached hydrogens (tertiary/aromatic N) is 3. The van der Waals surface area contributed by atoms with Crippen LogP contribution in [0, 0.1) is 0 Å². The highest BCUT2D eigenvalue weighted by atomic mass is 35.5. The minimum atomic E-state index is -3.39. The molecule has 1 aliphatic heterocycles. The molecule has 1 aromatic carbocycles. The fourth-order valence-corrected chi connectivity index (χ4v) is 5.31. The molecular formula is C19H27ClN4O3S. The number of nitrogens with one attached hydrogen (secondary N) is 1. The zero-order valence-electron chi connectivity index (χ0n) is 16.3. The molecule has 1 N–H and O–H groups in total. The van der Waals surface area contributed by atoms with Crippen molar-refractivity contribution >= 4 is 21.8 Å². The molecule has 2 heterocycles. The summed E-state index contributed by atoms with van der Waals surface area (Å²) >= 11 is 5.95. The summed E-state index contributed by atoms with van der Waals surface area (Å²) in [5.41, 5.74) is 1.89. The summed E-state index contributed by atoms with van der Waals surface area (Å²) in [6.07, 6.45) is 1.47. The Balaban J connectivity index is 1.54. The zero-order chi connectivity index (χ0) is 20.1. The lowest BCUT2D eigenvalue weighted by atomic mass is 10.0. The smallest absolute Gasteiger partial charge is 0.281 e. The van der Waals surface area contributed by atoms with Gasteiger partial charge in [0, 0.05) is 49.2 Å². The number of halogens is 1. The van der Waals surface area contributed by atoms with Crippen LogP contribution in [0.5, 0.6) is 5.75 Å². The highest BCUT2D eigenvalue weighted by Crippen LogP contribution is 2.29. The Kier molecular flexibility index (Phi) is 6.98. The van der Waals surface area contributed by atoms with Gasteiger partial charge < -0.3 is 4.74 Å². The maximum Gasteiger partial charge on any atom is 0.281 e. The van der Waals surface area contributed by atoms with Crippen LogP contribution in [-0.4, -0.2) is 60.0 Å². The first kappa shape index (κ1) is 21.1. The molecule has 1 aliphatic rings. The van der Waals surface area contributed by atoms with Crippen molar-refractivity contribution in [1.82, 2.24) is 18.8 Å². The van der Waals surface area contributed by atoms with Gasteiger partial charge in [0.25, 0.3) is 10.2 Å². The van der Waals surface area contributed by atoms with E-state index in [1.807, 2.05) is 32.0 Å². The van der Waals surface area contributed by atoms with Gasteiger partial charge in [-0.1, -0.05) is 31.5 Å². The minimum Gasteiger partial charge on any atom is -0.493 e. The average molecular weight is 427 g/mol. The Morgan fingerprint density at radius 2 is 2.11 bits per heavy atom. The molecule has 0 amide bonds. The first-order chi connectivity index (χ1) is 13.4. The van der Waals surface area contributed by atoms with Crippen LogP contribution in [0.3, 0.4) is 0 Å². The van der Waals surface area contributed by atoms with Crippen LogP contribution in [0.4, 0.5) is 0 Å². The summed E-state index contributed by atoms with van der Waals surface area (Å²) in [7, 11) is -3.39. The van der Waals surface area contributed by atoms with Crippen molar-refractivity contribution in [2.24, 2.45) is 0 Å². The van der Waals surface area contributed by atoms with Gasteiger partial charge in [0.1, 0.15) is 5.75 Å². The van der Waals surface area contributed by atoms with Crippen LogP contribution >= 0.6 is 11.6 Å². The van der Waals surface area contributed by atoms with Crippen molar-refractivity contribution in [2.75, 3.05) is 32.8 Å². The molecule has 1 fully saturated rings. The molecule has 0 saturated carbocycles. The maximum atomic E-state index is 12.7. The molecule has 0 bridgehead atoms. The molecule has 1 aromatic heterocycles. The standard InChI is InChI=1S/C19H27ClN4O3S/c1-3-23(4-2)28(25,26)24-10-8-15(14-24)19-13-17(21-22-19)9-11-27-18-7-5-6-16(20)12-18/h5-7,12-13,15H,3-4,8-11,14H2,1-2H3,(H,21,22)/t15-/m1/s1. The van der Waals surface area contributed by atoms with E-state index >= 15 is 0 Å². The van der Waals surface area contributed by atoms with Crippen molar-refractivity contribution in [1.29, 1.82) is 0 Å². The van der Waals surface area contributed by atoms with Gasteiger partial charge in [-0.25, -0.2) is 0 Å². The molecule has 9 heteroatoms. The lowest BCUT2D eigenvalue weighted by Crippen LogP contribution is -2.42. The number of ether oxygens (including phenoxy) is 1. The SMILES string of the molecule is CCN(CC)S(=O)(=O)N1CC[C@@H](c2cc(CCOc3cccc(Cl)c3)[nH]n2)C1. The van der Waals surface area contributed by atoms with E-state index in [0.717, 1.165) is 23.6 Å². The summed E-state index contributed by atoms with van der Waals surface area (Å²) in [5, 5.41) is 8.09. The molecule has 0 radical (unpaired) electrons.